The summed E-state index contributed by atoms with van der Waals surface area (Å²) in [6.07, 6.45) is 0. The Morgan fingerprint density at radius 3 is 2.26 bits per heavy atom. The van der Waals surface area contributed by atoms with Gasteiger partial charge in [-0.15, -0.1) is 0 Å². The molecular formula is C19H11Cl2NO. The molecule has 0 aliphatic heterocycles. The fourth-order valence-corrected chi connectivity index (χ4v) is 2.79. The first-order chi connectivity index (χ1) is 11.2. The number of aromatic nitrogens is 1. The van der Waals surface area contributed by atoms with Gasteiger partial charge in [0, 0.05) is 5.56 Å². The monoisotopic (exact) mass is 339 g/mol. The first-order valence-electron chi connectivity index (χ1n) is 7.12. The van der Waals surface area contributed by atoms with Crippen molar-refractivity contribution in [2.45, 2.75) is 0 Å². The highest BCUT2D eigenvalue weighted by Crippen LogP contribution is 2.31. The highest BCUT2D eigenvalue weighted by Gasteiger charge is 2.11. The number of benzene rings is 3. The third-order valence-corrected chi connectivity index (χ3v) is 4.40. The summed E-state index contributed by atoms with van der Waals surface area (Å²) < 4.78 is 5.83. The lowest BCUT2D eigenvalue weighted by atomic mass is 10.1. The maximum Gasteiger partial charge on any atom is 0.227 e. The number of hydrogen-bond donors (Lipinski definition) is 0. The third kappa shape index (κ3) is 2.72. The smallest absolute Gasteiger partial charge is 0.227 e. The predicted octanol–water partition coefficient (Wildman–Crippen LogP) is 6.47. The standard InChI is InChI=1S/C19H11Cl2NO/c20-15-8-6-14(10-16(15)21)19-22-17-11-13(7-9-18(17)23-19)12-4-2-1-3-5-12/h1-11H. The van der Waals surface area contributed by atoms with E-state index in [9.17, 15) is 0 Å². The molecule has 0 aliphatic rings. The van der Waals surface area contributed by atoms with E-state index in [2.05, 4.69) is 17.1 Å². The minimum atomic E-state index is 0.483. The zero-order valence-corrected chi connectivity index (χ0v) is 13.5. The molecule has 0 spiro atoms. The molecule has 0 aliphatic carbocycles. The van der Waals surface area contributed by atoms with Gasteiger partial charge in [-0.1, -0.05) is 59.6 Å². The van der Waals surface area contributed by atoms with Crippen molar-refractivity contribution in [2.75, 3.05) is 0 Å². The molecule has 0 bridgehead atoms. The molecule has 0 saturated heterocycles. The van der Waals surface area contributed by atoms with Gasteiger partial charge >= 0.3 is 0 Å². The summed E-state index contributed by atoms with van der Waals surface area (Å²) >= 11 is 12.0. The Morgan fingerprint density at radius 1 is 0.696 bits per heavy atom. The highest BCUT2D eigenvalue weighted by atomic mass is 35.5. The van der Waals surface area contributed by atoms with Gasteiger partial charge in [-0.3, -0.25) is 0 Å². The Balaban J connectivity index is 1.80. The number of oxazole rings is 1. The molecule has 0 atom stereocenters. The van der Waals surface area contributed by atoms with E-state index in [0.29, 0.717) is 15.9 Å². The van der Waals surface area contributed by atoms with Crippen LogP contribution in [-0.4, -0.2) is 4.98 Å². The van der Waals surface area contributed by atoms with Crippen molar-refractivity contribution < 1.29 is 4.42 Å². The van der Waals surface area contributed by atoms with E-state index in [0.717, 1.165) is 27.8 Å². The Labute approximate surface area is 143 Å². The van der Waals surface area contributed by atoms with Crippen LogP contribution < -0.4 is 0 Å². The van der Waals surface area contributed by atoms with Gasteiger partial charge in [0.2, 0.25) is 5.89 Å². The first kappa shape index (κ1) is 14.3. The van der Waals surface area contributed by atoms with E-state index in [1.54, 1.807) is 12.1 Å². The van der Waals surface area contributed by atoms with Crippen LogP contribution in [0.3, 0.4) is 0 Å². The summed E-state index contributed by atoms with van der Waals surface area (Å²) in [5, 5.41) is 0.995. The first-order valence-corrected chi connectivity index (χ1v) is 7.88. The molecule has 0 amide bonds. The van der Waals surface area contributed by atoms with Crippen molar-refractivity contribution >= 4 is 34.3 Å². The molecule has 3 aromatic carbocycles. The summed E-state index contributed by atoms with van der Waals surface area (Å²) in [5.74, 6) is 0.531. The topological polar surface area (TPSA) is 26.0 Å². The molecule has 0 radical (unpaired) electrons. The van der Waals surface area contributed by atoms with E-state index in [1.807, 2.05) is 42.5 Å². The summed E-state index contributed by atoms with van der Waals surface area (Å²) in [5.41, 5.74) is 4.61. The molecule has 4 rings (SSSR count). The Kier molecular flexibility index (Phi) is 3.56. The van der Waals surface area contributed by atoms with Crippen LogP contribution in [0.4, 0.5) is 0 Å². The van der Waals surface area contributed by atoms with Gasteiger partial charge in [0.05, 0.1) is 10.0 Å². The van der Waals surface area contributed by atoms with Crippen LogP contribution in [0.25, 0.3) is 33.7 Å². The second kappa shape index (κ2) is 5.73. The average molecular weight is 340 g/mol. The van der Waals surface area contributed by atoms with E-state index < -0.39 is 0 Å². The normalized spacial score (nSPS) is 11.0. The Bertz CT molecular complexity index is 993. The molecule has 23 heavy (non-hydrogen) atoms. The number of fused-ring (bicyclic) bond motifs is 1. The number of rotatable bonds is 2. The molecule has 0 saturated carbocycles. The van der Waals surface area contributed by atoms with Gasteiger partial charge in [0.15, 0.2) is 5.58 Å². The molecule has 4 heteroatoms. The largest absolute Gasteiger partial charge is 0.436 e. The Morgan fingerprint density at radius 2 is 1.48 bits per heavy atom. The van der Waals surface area contributed by atoms with Gasteiger partial charge in [-0.2, -0.15) is 0 Å². The second-order valence-corrected chi connectivity index (χ2v) is 6.01. The average Bonchev–Trinajstić information content (AvgIpc) is 3.01. The van der Waals surface area contributed by atoms with Crippen LogP contribution in [0.2, 0.25) is 10.0 Å². The van der Waals surface area contributed by atoms with Gasteiger partial charge in [-0.25, -0.2) is 4.98 Å². The zero-order chi connectivity index (χ0) is 15.8. The van der Waals surface area contributed by atoms with Gasteiger partial charge < -0.3 is 4.42 Å². The highest BCUT2D eigenvalue weighted by molar-refractivity contribution is 6.42. The predicted molar refractivity (Wildman–Crippen MR) is 94.9 cm³/mol. The third-order valence-electron chi connectivity index (χ3n) is 3.66. The second-order valence-electron chi connectivity index (χ2n) is 5.20. The fraction of sp³-hybridized carbons (Fsp3) is 0. The van der Waals surface area contributed by atoms with Gasteiger partial charge in [0.1, 0.15) is 5.52 Å². The summed E-state index contributed by atoms with van der Waals surface area (Å²) in [6.45, 7) is 0. The minimum Gasteiger partial charge on any atom is -0.436 e. The number of nitrogens with zero attached hydrogens (tertiary/aromatic N) is 1. The van der Waals surface area contributed by atoms with Crippen LogP contribution in [0, 0.1) is 0 Å². The number of halogens is 2. The molecule has 1 heterocycles. The molecule has 2 nitrogen and oxygen atoms in total. The molecular weight excluding hydrogens is 329 g/mol. The molecule has 4 aromatic rings. The van der Waals surface area contributed by atoms with Crippen molar-refractivity contribution in [1.82, 2.24) is 4.98 Å². The van der Waals surface area contributed by atoms with E-state index in [-0.39, 0.29) is 0 Å². The van der Waals surface area contributed by atoms with Crippen molar-refractivity contribution in [3.63, 3.8) is 0 Å². The van der Waals surface area contributed by atoms with Crippen LogP contribution in [-0.2, 0) is 0 Å². The van der Waals surface area contributed by atoms with Crippen molar-refractivity contribution in [2.24, 2.45) is 0 Å². The summed E-state index contributed by atoms with van der Waals surface area (Å²) in [4.78, 5) is 4.57. The lowest BCUT2D eigenvalue weighted by molar-refractivity contribution is 0.620. The van der Waals surface area contributed by atoms with Gasteiger partial charge in [-0.05, 0) is 41.5 Å². The maximum absolute atomic E-state index is 6.07. The fourth-order valence-electron chi connectivity index (χ4n) is 2.49. The Hall–Kier alpha value is -2.29. The van der Waals surface area contributed by atoms with E-state index in [1.165, 1.54) is 0 Å². The lowest BCUT2D eigenvalue weighted by Gasteiger charge is -1.99. The number of hydrogen-bond acceptors (Lipinski definition) is 2. The lowest BCUT2D eigenvalue weighted by Crippen LogP contribution is -1.79. The van der Waals surface area contributed by atoms with E-state index >= 15 is 0 Å². The van der Waals surface area contributed by atoms with Crippen molar-refractivity contribution in [3.05, 3.63) is 76.8 Å². The molecule has 0 fully saturated rings. The maximum atomic E-state index is 6.07. The van der Waals surface area contributed by atoms with Crippen LogP contribution in [0.5, 0.6) is 0 Å². The van der Waals surface area contributed by atoms with Crippen LogP contribution in [0.1, 0.15) is 0 Å². The summed E-state index contributed by atoms with van der Waals surface area (Å²) in [6, 6.07) is 21.5. The van der Waals surface area contributed by atoms with Crippen LogP contribution >= 0.6 is 23.2 Å². The SMILES string of the molecule is Clc1ccc(-c2nc3cc(-c4ccccc4)ccc3o2)cc1Cl. The van der Waals surface area contributed by atoms with Crippen molar-refractivity contribution in [1.29, 1.82) is 0 Å². The minimum absolute atomic E-state index is 0.483. The zero-order valence-electron chi connectivity index (χ0n) is 12.0. The molecule has 0 N–H and O–H groups in total. The quantitative estimate of drug-likeness (QED) is 0.418. The molecule has 1 aromatic heterocycles. The van der Waals surface area contributed by atoms with E-state index in [4.69, 9.17) is 27.6 Å². The van der Waals surface area contributed by atoms with Gasteiger partial charge in [0.25, 0.3) is 0 Å². The summed E-state index contributed by atoms with van der Waals surface area (Å²) in [7, 11) is 0. The van der Waals surface area contributed by atoms with Crippen molar-refractivity contribution in [3.8, 4) is 22.6 Å². The van der Waals surface area contributed by atoms with Crippen LogP contribution in [0.15, 0.2) is 71.1 Å². The molecule has 112 valence electrons. The molecule has 0 unspecified atom stereocenters.